The topological polar surface area (TPSA) is 80.3 Å². The Morgan fingerprint density at radius 3 is 2.07 bits per heavy atom. The fraction of sp³-hybridized carbons (Fsp3) is 0.111. The predicted molar refractivity (Wildman–Crippen MR) is 39.8 cm³/mol. The molecule has 0 atom stereocenters. The third-order valence-electron chi connectivity index (χ3n) is 1.68. The van der Waals surface area contributed by atoms with Gasteiger partial charge in [0.1, 0.15) is 0 Å². The molecule has 0 saturated heterocycles. The van der Waals surface area contributed by atoms with Gasteiger partial charge in [-0.15, -0.1) is 0 Å². The molecule has 1 rings (SSSR count). The van der Waals surface area contributed by atoms with Crippen molar-refractivity contribution >= 4 is 11.9 Å². The molecule has 0 aliphatic heterocycles. The number of carbonyl (C=O) groups excluding carboxylic acids is 2. The molecular weight excluding hydrogens is 220 g/mol. The molecule has 0 aliphatic rings. The van der Waals surface area contributed by atoms with Gasteiger partial charge < -0.3 is 19.8 Å². The maximum atomic E-state index is 10.4. The van der Waals surface area contributed by atoms with Crippen molar-refractivity contribution in [1.29, 1.82) is 0 Å². The Bertz CT molecular complexity index is 373. The molecule has 0 saturated carbocycles. The molecular formula is C9H6O4Ti. The SMILES string of the molecule is Cc1cc(C(=O)[O-])ccc1C(=O)[O-].[Ti+2]. The van der Waals surface area contributed by atoms with E-state index in [9.17, 15) is 19.8 Å². The zero-order chi connectivity index (χ0) is 10.0. The molecule has 0 spiro atoms. The molecule has 0 unspecified atom stereocenters. The molecule has 0 N–H and O–H groups in total. The maximum absolute atomic E-state index is 10.4. The van der Waals surface area contributed by atoms with Gasteiger partial charge in [-0.2, -0.15) is 0 Å². The van der Waals surface area contributed by atoms with E-state index < -0.39 is 11.9 Å². The molecule has 14 heavy (non-hydrogen) atoms. The van der Waals surface area contributed by atoms with Crippen LogP contribution in [0.25, 0.3) is 0 Å². The summed E-state index contributed by atoms with van der Waals surface area (Å²) in [6.45, 7) is 1.50. The van der Waals surface area contributed by atoms with Gasteiger partial charge in [0.05, 0.1) is 11.9 Å². The van der Waals surface area contributed by atoms with Gasteiger partial charge in [-0.25, -0.2) is 0 Å². The van der Waals surface area contributed by atoms with Crippen LogP contribution in [0.15, 0.2) is 18.2 Å². The minimum atomic E-state index is -1.33. The molecule has 0 radical (unpaired) electrons. The first-order valence-electron chi connectivity index (χ1n) is 3.55. The van der Waals surface area contributed by atoms with E-state index in [0.29, 0.717) is 5.56 Å². The first-order valence-corrected chi connectivity index (χ1v) is 3.55. The van der Waals surface area contributed by atoms with Crippen molar-refractivity contribution in [3.63, 3.8) is 0 Å². The van der Waals surface area contributed by atoms with Crippen LogP contribution in [0.3, 0.4) is 0 Å². The minimum Gasteiger partial charge on any atom is -0.545 e. The van der Waals surface area contributed by atoms with Crippen molar-refractivity contribution in [2.75, 3.05) is 0 Å². The largest absolute Gasteiger partial charge is 2.00 e. The average Bonchev–Trinajstić information content (AvgIpc) is 2.03. The maximum Gasteiger partial charge on any atom is 2.00 e. The predicted octanol–water partition coefficient (Wildman–Crippen LogP) is -1.28. The molecule has 1 aromatic carbocycles. The van der Waals surface area contributed by atoms with Gasteiger partial charge in [-0.1, -0.05) is 12.1 Å². The summed E-state index contributed by atoms with van der Waals surface area (Å²) >= 11 is 0. The first-order chi connectivity index (χ1) is 6.02. The molecule has 0 amide bonds. The van der Waals surface area contributed by atoms with Crippen LogP contribution in [0.2, 0.25) is 0 Å². The number of carboxylic acids is 2. The number of rotatable bonds is 2. The average molecular weight is 226 g/mol. The van der Waals surface area contributed by atoms with Crippen LogP contribution in [0.5, 0.6) is 0 Å². The molecule has 0 aromatic heterocycles. The van der Waals surface area contributed by atoms with Crippen molar-refractivity contribution < 1.29 is 41.5 Å². The van der Waals surface area contributed by atoms with Crippen LogP contribution >= 0.6 is 0 Å². The van der Waals surface area contributed by atoms with E-state index in [1.54, 1.807) is 0 Å². The Labute approximate surface area is 95.4 Å². The number of benzene rings is 1. The molecule has 0 aliphatic carbocycles. The summed E-state index contributed by atoms with van der Waals surface area (Å²) < 4.78 is 0. The first kappa shape index (κ1) is 12.9. The summed E-state index contributed by atoms with van der Waals surface area (Å²) in [5.41, 5.74) is 0.300. The Kier molecular flexibility index (Phi) is 4.53. The number of carbonyl (C=O) groups is 2. The van der Waals surface area contributed by atoms with E-state index in [0.717, 1.165) is 0 Å². The van der Waals surface area contributed by atoms with Gasteiger partial charge >= 0.3 is 21.7 Å². The quantitative estimate of drug-likeness (QED) is 0.588. The Morgan fingerprint density at radius 1 is 1.14 bits per heavy atom. The molecule has 1 aromatic rings. The van der Waals surface area contributed by atoms with Gasteiger partial charge in [0.15, 0.2) is 0 Å². The molecule has 5 heteroatoms. The minimum absolute atomic E-state index is 0. The van der Waals surface area contributed by atoms with Crippen molar-refractivity contribution in [2.45, 2.75) is 6.92 Å². The summed E-state index contributed by atoms with van der Waals surface area (Å²) in [6, 6.07) is 3.60. The number of carboxylic acid groups (broad SMARTS) is 2. The monoisotopic (exact) mass is 226 g/mol. The normalized spacial score (nSPS) is 8.93. The molecule has 4 nitrogen and oxygen atoms in total. The fourth-order valence-electron chi connectivity index (χ4n) is 1.02. The third-order valence-corrected chi connectivity index (χ3v) is 1.68. The number of aryl methyl sites for hydroxylation is 1. The van der Waals surface area contributed by atoms with Crippen molar-refractivity contribution in [1.82, 2.24) is 0 Å². The van der Waals surface area contributed by atoms with Gasteiger partial charge in [0, 0.05) is 5.56 Å². The molecule has 70 valence electrons. The van der Waals surface area contributed by atoms with E-state index >= 15 is 0 Å². The van der Waals surface area contributed by atoms with Crippen LogP contribution in [0, 0.1) is 6.92 Å². The zero-order valence-electron chi connectivity index (χ0n) is 7.37. The molecule has 0 heterocycles. The number of aromatic carboxylic acids is 2. The summed E-state index contributed by atoms with van der Waals surface area (Å²) in [6.07, 6.45) is 0. The Hall–Kier alpha value is -1.13. The summed E-state index contributed by atoms with van der Waals surface area (Å²) in [7, 11) is 0. The number of hydrogen-bond acceptors (Lipinski definition) is 4. The second kappa shape index (κ2) is 4.93. The van der Waals surface area contributed by atoms with Gasteiger partial charge in [0.25, 0.3) is 0 Å². The molecule has 0 fully saturated rings. The second-order valence-corrected chi connectivity index (χ2v) is 2.60. The van der Waals surface area contributed by atoms with Gasteiger partial charge in [-0.05, 0) is 24.1 Å². The van der Waals surface area contributed by atoms with Crippen LogP contribution in [-0.4, -0.2) is 11.9 Å². The summed E-state index contributed by atoms with van der Waals surface area (Å²) in [5, 5.41) is 20.8. The van der Waals surface area contributed by atoms with Crippen LogP contribution < -0.4 is 10.2 Å². The van der Waals surface area contributed by atoms with Crippen molar-refractivity contribution in [3.8, 4) is 0 Å². The van der Waals surface area contributed by atoms with Crippen LogP contribution in [0.4, 0.5) is 0 Å². The standard InChI is InChI=1S/C9H8O4.Ti/c1-5-4-6(8(10)11)2-3-7(5)9(12)13;/h2-4H,1H3,(H,10,11)(H,12,13);/q;+2/p-2. The van der Waals surface area contributed by atoms with E-state index in [2.05, 4.69) is 0 Å². The van der Waals surface area contributed by atoms with E-state index in [4.69, 9.17) is 0 Å². The van der Waals surface area contributed by atoms with Gasteiger partial charge in [-0.3, -0.25) is 0 Å². The zero-order valence-corrected chi connectivity index (χ0v) is 8.93. The number of hydrogen-bond donors (Lipinski definition) is 0. The van der Waals surface area contributed by atoms with E-state index in [-0.39, 0.29) is 32.8 Å². The summed E-state index contributed by atoms with van der Waals surface area (Å²) in [5.74, 6) is -2.64. The van der Waals surface area contributed by atoms with Crippen LogP contribution in [-0.2, 0) is 21.7 Å². The van der Waals surface area contributed by atoms with Crippen molar-refractivity contribution in [2.24, 2.45) is 0 Å². The fourth-order valence-corrected chi connectivity index (χ4v) is 1.02. The van der Waals surface area contributed by atoms with E-state index in [1.807, 2.05) is 0 Å². The third kappa shape index (κ3) is 2.68. The second-order valence-electron chi connectivity index (χ2n) is 2.60. The van der Waals surface area contributed by atoms with E-state index in [1.165, 1.54) is 25.1 Å². The van der Waals surface area contributed by atoms with Crippen molar-refractivity contribution in [3.05, 3.63) is 34.9 Å². The smallest absolute Gasteiger partial charge is 0.545 e. The Morgan fingerprint density at radius 2 is 1.71 bits per heavy atom. The molecule has 0 bridgehead atoms. The van der Waals surface area contributed by atoms with Gasteiger partial charge in [0.2, 0.25) is 0 Å². The Balaban J connectivity index is 0.00000169. The summed E-state index contributed by atoms with van der Waals surface area (Å²) in [4.78, 5) is 20.8. The van der Waals surface area contributed by atoms with Crippen LogP contribution in [0.1, 0.15) is 26.3 Å².